The molecule has 0 atom stereocenters. The van der Waals surface area contributed by atoms with Crippen LogP contribution in [0.4, 0.5) is 10.5 Å². The molecule has 0 unspecified atom stereocenters. The van der Waals surface area contributed by atoms with E-state index in [1.165, 1.54) is 7.11 Å². The van der Waals surface area contributed by atoms with E-state index in [2.05, 4.69) is 20.9 Å². The first-order valence-corrected chi connectivity index (χ1v) is 11.7. The molecule has 2 aromatic carbocycles. The molecule has 3 amide bonds. The van der Waals surface area contributed by atoms with Crippen molar-refractivity contribution < 1.29 is 19.1 Å². The van der Waals surface area contributed by atoms with Gasteiger partial charge < -0.3 is 25.4 Å². The first-order chi connectivity index (χ1) is 16.5. The summed E-state index contributed by atoms with van der Waals surface area (Å²) in [7, 11) is 1.53. The lowest BCUT2D eigenvalue weighted by molar-refractivity contribution is 0.0949. The maximum absolute atomic E-state index is 12.8. The number of hydrogen-bond acceptors (Lipinski definition) is 5. The molecule has 1 heterocycles. The fraction of sp³-hybridized carbons (Fsp3) is 0.320. The largest absolute Gasteiger partial charge is 0.496 e. The maximum Gasteiger partial charge on any atom is 0.319 e. The van der Waals surface area contributed by atoms with Crippen molar-refractivity contribution in [2.24, 2.45) is 5.92 Å². The Bertz CT molecular complexity index is 1260. The minimum Gasteiger partial charge on any atom is -0.496 e. The third-order valence-corrected chi connectivity index (χ3v) is 6.16. The number of fused-ring (bicyclic) bond motifs is 1. The number of urea groups is 1. The van der Waals surface area contributed by atoms with Crippen molar-refractivity contribution in [2.45, 2.75) is 31.7 Å². The molecule has 0 bridgehead atoms. The third kappa shape index (κ3) is 5.17. The number of aromatic nitrogens is 1. The van der Waals surface area contributed by atoms with Gasteiger partial charge >= 0.3 is 6.03 Å². The van der Waals surface area contributed by atoms with Crippen LogP contribution in [-0.2, 0) is 0 Å². The smallest absolute Gasteiger partial charge is 0.319 e. The molecule has 2 saturated carbocycles. The van der Waals surface area contributed by atoms with Gasteiger partial charge in [0.15, 0.2) is 0 Å². The van der Waals surface area contributed by atoms with Gasteiger partial charge in [-0.2, -0.15) is 0 Å². The monoisotopic (exact) mass is 480 g/mol. The van der Waals surface area contributed by atoms with E-state index in [0.717, 1.165) is 25.7 Å². The summed E-state index contributed by atoms with van der Waals surface area (Å²) >= 11 is 6.38. The van der Waals surface area contributed by atoms with E-state index in [9.17, 15) is 9.59 Å². The van der Waals surface area contributed by atoms with E-state index in [4.69, 9.17) is 21.1 Å². The normalized spacial score (nSPS) is 15.0. The van der Waals surface area contributed by atoms with Crippen molar-refractivity contribution in [2.75, 3.05) is 19.0 Å². The molecule has 0 spiro atoms. The van der Waals surface area contributed by atoms with Gasteiger partial charge in [0, 0.05) is 36.3 Å². The van der Waals surface area contributed by atoms with Crippen LogP contribution in [0, 0.1) is 5.92 Å². The Labute approximate surface area is 202 Å². The van der Waals surface area contributed by atoms with Gasteiger partial charge in [-0.15, -0.1) is 0 Å². The van der Waals surface area contributed by atoms with Crippen LogP contribution in [0.3, 0.4) is 0 Å². The molecule has 0 aliphatic heterocycles. The second-order valence-corrected chi connectivity index (χ2v) is 9.06. The number of methoxy groups -OCH3 is 1. The third-order valence-electron chi connectivity index (χ3n) is 5.84. The number of rotatable bonds is 8. The molecule has 8 nitrogen and oxygen atoms in total. The molecule has 0 radical (unpaired) electrons. The average Bonchev–Trinajstić information content (AvgIpc) is 3.75. The van der Waals surface area contributed by atoms with Gasteiger partial charge in [0.05, 0.1) is 28.9 Å². The van der Waals surface area contributed by atoms with E-state index < -0.39 is 0 Å². The van der Waals surface area contributed by atoms with Crippen molar-refractivity contribution in [3.8, 4) is 17.2 Å². The van der Waals surface area contributed by atoms with Gasteiger partial charge in [-0.05, 0) is 55.9 Å². The number of nitrogens with one attached hydrogen (secondary N) is 3. The van der Waals surface area contributed by atoms with E-state index >= 15 is 0 Å². The first-order valence-electron chi connectivity index (χ1n) is 11.3. The van der Waals surface area contributed by atoms with Gasteiger partial charge in [0.1, 0.15) is 17.2 Å². The minimum absolute atomic E-state index is 0.191. The summed E-state index contributed by atoms with van der Waals surface area (Å²) < 4.78 is 11.5. The predicted octanol–water partition coefficient (Wildman–Crippen LogP) is 5.11. The van der Waals surface area contributed by atoms with Crippen LogP contribution in [-0.4, -0.2) is 36.6 Å². The second-order valence-electron chi connectivity index (χ2n) is 8.65. The molecule has 0 saturated heterocycles. The van der Waals surface area contributed by atoms with Crippen LogP contribution in [0.25, 0.3) is 10.9 Å². The zero-order valence-electron chi connectivity index (χ0n) is 18.7. The van der Waals surface area contributed by atoms with Crippen LogP contribution in [0.5, 0.6) is 17.2 Å². The van der Waals surface area contributed by atoms with Gasteiger partial charge in [-0.25, -0.2) is 4.79 Å². The van der Waals surface area contributed by atoms with Crippen LogP contribution in [0.2, 0.25) is 5.02 Å². The average molecular weight is 481 g/mol. The number of amides is 3. The molecule has 2 aliphatic rings. The summed E-state index contributed by atoms with van der Waals surface area (Å²) in [6, 6.07) is 10.2. The number of carbonyl (C=O) groups is 2. The molecular weight excluding hydrogens is 456 g/mol. The molecule has 2 aliphatic carbocycles. The Morgan fingerprint density at radius 1 is 1.09 bits per heavy atom. The molecule has 9 heteroatoms. The van der Waals surface area contributed by atoms with Gasteiger partial charge in [0.2, 0.25) is 0 Å². The number of hydrogen-bond donors (Lipinski definition) is 3. The molecule has 3 aromatic rings. The Kier molecular flexibility index (Phi) is 6.15. The number of anilines is 1. The van der Waals surface area contributed by atoms with E-state index in [0.29, 0.717) is 56.9 Å². The molecule has 34 heavy (non-hydrogen) atoms. The zero-order chi connectivity index (χ0) is 23.7. The number of carbonyl (C=O) groups excluding carboxylic acids is 2. The van der Waals surface area contributed by atoms with E-state index in [1.807, 2.05) is 0 Å². The SMILES string of the molecule is COc1cc2nccc(Oc3ccc(NC(=O)NC4CC4)c(Cl)c3)c2cc1C(=O)NCC1CC1. The number of benzene rings is 2. The van der Waals surface area contributed by atoms with Gasteiger partial charge in [0.25, 0.3) is 5.91 Å². The zero-order valence-corrected chi connectivity index (χ0v) is 19.4. The second kappa shape index (κ2) is 9.38. The Morgan fingerprint density at radius 2 is 1.91 bits per heavy atom. The van der Waals surface area contributed by atoms with Crippen molar-refractivity contribution >= 4 is 40.1 Å². The van der Waals surface area contributed by atoms with E-state index in [-0.39, 0.29) is 18.0 Å². The molecular formula is C25H25ClN4O4. The highest BCUT2D eigenvalue weighted by Crippen LogP contribution is 2.35. The standard InChI is InChI=1S/C25H25ClN4O4/c1-33-23-12-21-17(11-18(23)24(31)28-13-14-2-3-14)22(8-9-27-21)34-16-6-7-20(19(26)10-16)30-25(32)29-15-4-5-15/h6-12,14-15H,2-5,13H2,1H3,(H,28,31)(H2,29,30,32). The van der Waals surface area contributed by atoms with Crippen molar-refractivity contribution in [3.63, 3.8) is 0 Å². The number of ether oxygens (including phenoxy) is 2. The lowest BCUT2D eigenvalue weighted by Crippen LogP contribution is -2.30. The molecule has 3 N–H and O–H groups in total. The molecule has 1 aromatic heterocycles. The van der Waals surface area contributed by atoms with Gasteiger partial charge in [-0.1, -0.05) is 11.6 Å². The quantitative estimate of drug-likeness (QED) is 0.415. The molecule has 5 rings (SSSR count). The summed E-state index contributed by atoms with van der Waals surface area (Å²) in [4.78, 5) is 29.2. The van der Waals surface area contributed by atoms with Crippen LogP contribution in [0.15, 0.2) is 42.6 Å². The summed E-state index contributed by atoms with van der Waals surface area (Å²) in [6.07, 6.45) is 5.94. The maximum atomic E-state index is 12.8. The molecule has 176 valence electrons. The summed E-state index contributed by atoms with van der Waals surface area (Å²) in [5.41, 5.74) is 1.55. The predicted molar refractivity (Wildman–Crippen MR) is 130 cm³/mol. The highest BCUT2D eigenvalue weighted by Gasteiger charge is 2.24. The van der Waals surface area contributed by atoms with E-state index in [1.54, 1.807) is 42.6 Å². The Balaban J connectivity index is 1.38. The lowest BCUT2D eigenvalue weighted by Gasteiger charge is -2.14. The van der Waals surface area contributed by atoms with Crippen LogP contribution >= 0.6 is 11.6 Å². The fourth-order valence-electron chi connectivity index (χ4n) is 3.60. The number of pyridine rings is 1. The van der Waals surface area contributed by atoms with Crippen LogP contribution in [0.1, 0.15) is 36.0 Å². The van der Waals surface area contributed by atoms with Gasteiger partial charge in [-0.3, -0.25) is 9.78 Å². The summed E-state index contributed by atoms with van der Waals surface area (Å²) in [5, 5.41) is 9.61. The Morgan fingerprint density at radius 3 is 2.62 bits per heavy atom. The highest BCUT2D eigenvalue weighted by molar-refractivity contribution is 6.33. The highest BCUT2D eigenvalue weighted by atomic mass is 35.5. The van der Waals surface area contributed by atoms with Crippen molar-refractivity contribution in [1.29, 1.82) is 0 Å². The summed E-state index contributed by atoms with van der Waals surface area (Å²) in [5.74, 6) is 1.84. The Hall–Kier alpha value is -3.52. The minimum atomic E-state index is -0.278. The van der Waals surface area contributed by atoms with Crippen LogP contribution < -0.4 is 25.4 Å². The summed E-state index contributed by atoms with van der Waals surface area (Å²) in [6.45, 7) is 0.661. The molecule has 2 fully saturated rings. The first kappa shape index (κ1) is 22.3. The fourth-order valence-corrected chi connectivity index (χ4v) is 3.81. The number of halogens is 1. The van der Waals surface area contributed by atoms with Crippen molar-refractivity contribution in [3.05, 3.63) is 53.2 Å². The number of nitrogens with zero attached hydrogens (tertiary/aromatic N) is 1. The van der Waals surface area contributed by atoms with Crippen molar-refractivity contribution in [1.82, 2.24) is 15.6 Å². The topological polar surface area (TPSA) is 102 Å². The lowest BCUT2D eigenvalue weighted by atomic mass is 10.1.